The molecule has 0 atom stereocenters. The molecule has 0 saturated carbocycles. The van der Waals surface area contributed by atoms with Gasteiger partial charge in [0.1, 0.15) is 6.26 Å². The topological polar surface area (TPSA) is 55.1 Å². The number of oxazole rings is 1. The summed E-state index contributed by atoms with van der Waals surface area (Å²) in [6.07, 6.45) is 6.56. The number of carbonyl (C=O) groups is 1. The summed E-state index contributed by atoms with van der Waals surface area (Å²) in [4.78, 5) is 16.4. The molecule has 148 valence electrons. The third-order valence-corrected chi connectivity index (χ3v) is 4.88. The lowest BCUT2D eigenvalue weighted by atomic mass is 9.98. The number of rotatable bonds is 5. The third kappa shape index (κ3) is 4.55. The van der Waals surface area contributed by atoms with Crippen molar-refractivity contribution in [3.05, 3.63) is 102 Å². The molecule has 1 heterocycles. The highest BCUT2D eigenvalue weighted by Crippen LogP contribution is 2.29. The number of hydrogen-bond acceptors (Lipinski definition) is 3. The van der Waals surface area contributed by atoms with Gasteiger partial charge in [0.2, 0.25) is 11.8 Å². The van der Waals surface area contributed by atoms with E-state index < -0.39 is 0 Å². The van der Waals surface area contributed by atoms with Crippen LogP contribution in [0.4, 0.5) is 5.69 Å². The van der Waals surface area contributed by atoms with Crippen LogP contribution in [0.15, 0.2) is 89.7 Å². The summed E-state index contributed by atoms with van der Waals surface area (Å²) in [5, 5.41) is 2.90. The lowest BCUT2D eigenvalue weighted by Gasteiger charge is -2.09. The molecule has 30 heavy (non-hydrogen) atoms. The Morgan fingerprint density at radius 1 is 0.933 bits per heavy atom. The molecule has 0 aliphatic heterocycles. The Morgan fingerprint density at radius 3 is 2.37 bits per heavy atom. The molecule has 4 rings (SSSR count). The maximum Gasteiger partial charge on any atom is 0.248 e. The number of aryl methyl sites for hydroxylation is 2. The average Bonchev–Trinajstić information content (AvgIpc) is 3.29. The van der Waals surface area contributed by atoms with Crippen LogP contribution < -0.4 is 5.32 Å². The Hall–Kier alpha value is -3.92. The number of amides is 1. The van der Waals surface area contributed by atoms with Gasteiger partial charge in [-0.15, -0.1) is 0 Å². The minimum atomic E-state index is -0.162. The molecule has 1 amide bonds. The van der Waals surface area contributed by atoms with E-state index in [0.717, 1.165) is 33.5 Å². The van der Waals surface area contributed by atoms with Crippen LogP contribution in [0.25, 0.3) is 28.7 Å². The first-order valence-corrected chi connectivity index (χ1v) is 9.75. The van der Waals surface area contributed by atoms with Crippen LogP contribution in [0.3, 0.4) is 0 Å². The second-order valence-electron chi connectivity index (χ2n) is 7.18. The third-order valence-electron chi connectivity index (χ3n) is 4.88. The monoisotopic (exact) mass is 394 g/mol. The fourth-order valence-electron chi connectivity index (χ4n) is 3.20. The van der Waals surface area contributed by atoms with Crippen LogP contribution in [-0.2, 0) is 4.79 Å². The van der Waals surface area contributed by atoms with E-state index in [2.05, 4.69) is 29.4 Å². The van der Waals surface area contributed by atoms with Gasteiger partial charge in [-0.25, -0.2) is 4.98 Å². The molecule has 4 nitrogen and oxygen atoms in total. The Balaban J connectivity index is 1.47. The molecule has 0 fully saturated rings. The van der Waals surface area contributed by atoms with E-state index in [0.29, 0.717) is 5.89 Å². The molecule has 0 spiro atoms. The van der Waals surface area contributed by atoms with Crippen LogP contribution >= 0.6 is 0 Å². The van der Waals surface area contributed by atoms with Gasteiger partial charge in [0.05, 0.1) is 6.20 Å². The molecule has 0 bridgehead atoms. The molecular weight excluding hydrogens is 372 g/mol. The Kier molecular flexibility index (Phi) is 5.57. The van der Waals surface area contributed by atoms with Crippen molar-refractivity contribution in [1.29, 1.82) is 0 Å². The van der Waals surface area contributed by atoms with E-state index >= 15 is 0 Å². The van der Waals surface area contributed by atoms with E-state index in [1.165, 1.54) is 5.56 Å². The number of nitrogens with one attached hydrogen (secondary N) is 1. The van der Waals surface area contributed by atoms with Crippen molar-refractivity contribution in [3.8, 4) is 22.6 Å². The van der Waals surface area contributed by atoms with Gasteiger partial charge in [-0.05, 0) is 66.4 Å². The van der Waals surface area contributed by atoms with Crippen LogP contribution in [0.5, 0.6) is 0 Å². The summed E-state index contributed by atoms with van der Waals surface area (Å²) in [6.45, 7) is 4.11. The van der Waals surface area contributed by atoms with E-state index in [1.54, 1.807) is 24.6 Å². The van der Waals surface area contributed by atoms with Gasteiger partial charge >= 0.3 is 0 Å². The fraction of sp³-hybridized carbons (Fsp3) is 0.0769. The van der Waals surface area contributed by atoms with E-state index in [4.69, 9.17) is 4.42 Å². The number of anilines is 1. The smallest absolute Gasteiger partial charge is 0.248 e. The van der Waals surface area contributed by atoms with Crippen LogP contribution in [-0.4, -0.2) is 10.9 Å². The predicted octanol–water partition coefficient (Wildman–Crippen LogP) is 6.28. The van der Waals surface area contributed by atoms with Gasteiger partial charge in [0.15, 0.2) is 0 Å². The summed E-state index contributed by atoms with van der Waals surface area (Å²) in [5.41, 5.74) is 7.18. The average molecular weight is 394 g/mol. The van der Waals surface area contributed by atoms with E-state index in [1.807, 2.05) is 61.5 Å². The summed E-state index contributed by atoms with van der Waals surface area (Å²) in [5.74, 6) is 0.436. The normalized spacial score (nSPS) is 11.0. The van der Waals surface area contributed by atoms with Crippen molar-refractivity contribution < 1.29 is 9.21 Å². The minimum Gasteiger partial charge on any atom is -0.445 e. The maximum atomic E-state index is 12.2. The summed E-state index contributed by atoms with van der Waals surface area (Å²) >= 11 is 0. The highest BCUT2D eigenvalue weighted by Gasteiger charge is 2.08. The van der Waals surface area contributed by atoms with Crippen molar-refractivity contribution in [2.75, 3.05) is 5.32 Å². The predicted molar refractivity (Wildman–Crippen MR) is 121 cm³/mol. The van der Waals surface area contributed by atoms with Crippen LogP contribution in [0.1, 0.15) is 16.7 Å². The fourth-order valence-corrected chi connectivity index (χ4v) is 3.20. The lowest BCUT2D eigenvalue weighted by molar-refractivity contribution is -0.111. The zero-order valence-corrected chi connectivity index (χ0v) is 16.9. The molecule has 1 N–H and O–H groups in total. The molecule has 0 aliphatic carbocycles. The second kappa shape index (κ2) is 8.62. The summed E-state index contributed by atoms with van der Waals surface area (Å²) < 4.78 is 5.41. The molecule has 4 heteroatoms. The van der Waals surface area contributed by atoms with Gasteiger partial charge < -0.3 is 9.73 Å². The number of benzene rings is 3. The van der Waals surface area contributed by atoms with Gasteiger partial charge in [0, 0.05) is 17.3 Å². The molecule has 3 aromatic carbocycles. The van der Waals surface area contributed by atoms with Gasteiger partial charge in [-0.3, -0.25) is 4.79 Å². The lowest BCUT2D eigenvalue weighted by Crippen LogP contribution is -2.07. The summed E-state index contributed by atoms with van der Waals surface area (Å²) in [7, 11) is 0. The molecule has 0 saturated heterocycles. The zero-order chi connectivity index (χ0) is 20.9. The Bertz CT molecular complexity index is 1170. The standard InChI is InChI=1S/C26H22N2O2/c1-18-3-6-20(7-4-18)8-14-25(29)28-23-12-10-21(11-13-23)24-17-22(9-5-19(24)2)26-27-15-16-30-26/h3-17H,1-2H3,(H,28,29). The highest BCUT2D eigenvalue weighted by atomic mass is 16.3. The highest BCUT2D eigenvalue weighted by molar-refractivity contribution is 6.02. The first kappa shape index (κ1) is 19.4. The van der Waals surface area contributed by atoms with E-state index in [9.17, 15) is 4.79 Å². The van der Waals surface area contributed by atoms with Crippen molar-refractivity contribution in [2.24, 2.45) is 0 Å². The van der Waals surface area contributed by atoms with Crippen molar-refractivity contribution >= 4 is 17.7 Å². The van der Waals surface area contributed by atoms with Gasteiger partial charge in [-0.2, -0.15) is 0 Å². The Morgan fingerprint density at radius 2 is 1.67 bits per heavy atom. The van der Waals surface area contributed by atoms with Crippen LogP contribution in [0, 0.1) is 13.8 Å². The van der Waals surface area contributed by atoms with Gasteiger partial charge in [-0.1, -0.05) is 48.0 Å². The summed E-state index contributed by atoms with van der Waals surface area (Å²) in [6, 6.07) is 22.0. The second-order valence-corrected chi connectivity index (χ2v) is 7.18. The van der Waals surface area contributed by atoms with Crippen molar-refractivity contribution in [1.82, 2.24) is 4.98 Å². The minimum absolute atomic E-state index is 0.162. The quantitative estimate of drug-likeness (QED) is 0.405. The molecule has 1 aromatic heterocycles. The SMILES string of the molecule is Cc1ccc(C=CC(=O)Nc2ccc(-c3cc(-c4ncco4)ccc3C)cc2)cc1. The molecule has 0 radical (unpaired) electrons. The molecule has 4 aromatic rings. The number of hydrogen-bond donors (Lipinski definition) is 1. The van der Waals surface area contributed by atoms with E-state index in [-0.39, 0.29) is 5.91 Å². The zero-order valence-electron chi connectivity index (χ0n) is 16.9. The van der Waals surface area contributed by atoms with Crippen molar-refractivity contribution in [3.63, 3.8) is 0 Å². The van der Waals surface area contributed by atoms with Crippen LogP contribution in [0.2, 0.25) is 0 Å². The molecular formula is C26H22N2O2. The number of carbonyl (C=O) groups excluding carboxylic acids is 1. The first-order valence-electron chi connectivity index (χ1n) is 9.75. The number of nitrogens with zero attached hydrogens (tertiary/aromatic N) is 1. The Labute approximate surface area is 175 Å². The molecule has 0 unspecified atom stereocenters. The molecule has 0 aliphatic rings. The first-order chi connectivity index (χ1) is 14.6. The van der Waals surface area contributed by atoms with Crippen molar-refractivity contribution in [2.45, 2.75) is 13.8 Å². The van der Waals surface area contributed by atoms with Gasteiger partial charge in [0.25, 0.3) is 0 Å². The largest absolute Gasteiger partial charge is 0.445 e. The maximum absolute atomic E-state index is 12.2. The number of aromatic nitrogens is 1.